The van der Waals surface area contributed by atoms with Gasteiger partial charge in [-0.15, -0.1) is 0 Å². The number of primary amides is 1. The molecule has 0 bridgehead atoms. The lowest BCUT2D eigenvalue weighted by atomic mass is 10.2. The van der Waals surface area contributed by atoms with Crippen molar-refractivity contribution in [3.05, 3.63) is 78.0 Å². The highest BCUT2D eigenvalue weighted by atomic mass is 32.1. The summed E-state index contributed by atoms with van der Waals surface area (Å²) in [5, 5.41) is 6.42. The van der Waals surface area contributed by atoms with Crippen LogP contribution in [0.15, 0.2) is 66.9 Å². The Morgan fingerprint density at radius 2 is 1.76 bits per heavy atom. The number of benzene rings is 2. The van der Waals surface area contributed by atoms with E-state index in [4.69, 9.17) is 11.5 Å². The molecule has 1 heterocycles. The first kappa shape index (κ1) is 22.1. The van der Waals surface area contributed by atoms with E-state index in [1.165, 1.54) is 12.6 Å². The SMILES string of the molecule is CCCS.NC(=O)c1cnc(Nc2ccc(N)cc2)cc1NCc1ccccc1. The van der Waals surface area contributed by atoms with Crippen molar-refractivity contribution in [2.45, 2.75) is 19.9 Å². The van der Waals surface area contributed by atoms with Crippen LogP contribution in [0.1, 0.15) is 29.3 Å². The van der Waals surface area contributed by atoms with Crippen LogP contribution in [0.4, 0.5) is 22.9 Å². The molecule has 0 aliphatic carbocycles. The van der Waals surface area contributed by atoms with Crippen molar-refractivity contribution in [2.24, 2.45) is 5.73 Å². The largest absolute Gasteiger partial charge is 0.399 e. The fourth-order valence-corrected chi connectivity index (χ4v) is 2.37. The van der Waals surface area contributed by atoms with Gasteiger partial charge in [-0.25, -0.2) is 4.98 Å². The van der Waals surface area contributed by atoms with Crippen molar-refractivity contribution in [2.75, 3.05) is 22.1 Å². The molecule has 29 heavy (non-hydrogen) atoms. The number of aromatic nitrogens is 1. The highest BCUT2D eigenvalue weighted by molar-refractivity contribution is 7.80. The first-order valence-corrected chi connectivity index (χ1v) is 9.97. The monoisotopic (exact) mass is 409 g/mol. The number of anilines is 4. The first-order valence-electron chi connectivity index (χ1n) is 9.34. The van der Waals surface area contributed by atoms with Crippen molar-refractivity contribution in [3.8, 4) is 0 Å². The molecule has 0 radical (unpaired) electrons. The third kappa shape index (κ3) is 7.38. The van der Waals surface area contributed by atoms with Gasteiger partial charge in [0.15, 0.2) is 0 Å². The van der Waals surface area contributed by atoms with Crippen LogP contribution >= 0.6 is 12.6 Å². The number of amides is 1. The van der Waals surface area contributed by atoms with Gasteiger partial charge in [-0.2, -0.15) is 12.6 Å². The minimum Gasteiger partial charge on any atom is -0.399 e. The Kier molecular flexibility index (Phi) is 8.85. The third-order valence-electron chi connectivity index (χ3n) is 3.90. The fraction of sp³-hybridized carbons (Fsp3) is 0.182. The molecule has 0 aliphatic heterocycles. The summed E-state index contributed by atoms with van der Waals surface area (Å²) >= 11 is 3.92. The lowest BCUT2D eigenvalue weighted by Crippen LogP contribution is -2.15. The van der Waals surface area contributed by atoms with Crippen molar-refractivity contribution in [1.29, 1.82) is 0 Å². The van der Waals surface area contributed by atoms with Crippen molar-refractivity contribution in [3.63, 3.8) is 0 Å². The fourth-order valence-electron chi connectivity index (χ4n) is 2.37. The van der Waals surface area contributed by atoms with E-state index >= 15 is 0 Å². The molecule has 0 spiro atoms. The van der Waals surface area contributed by atoms with Gasteiger partial charge in [0.05, 0.1) is 11.3 Å². The Morgan fingerprint density at radius 1 is 1.10 bits per heavy atom. The normalized spacial score (nSPS) is 9.86. The molecular weight excluding hydrogens is 382 g/mol. The van der Waals surface area contributed by atoms with Crippen LogP contribution in [0.5, 0.6) is 0 Å². The van der Waals surface area contributed by atoms with E-state index in [-0.39, 0.29) is 0 Å². The Morgan fingerprint density at radius 3 is 2.34 bits per heavy atom. The second-order valence-electron chi connectivity index (χ2n) is 6.29. The number of hydrogen-bond acceptors (Lipinski definition) is 6. The summed E-state index contributed by atoms with van der Waals surface area (Å²) < 4.78 is 0. The Labute approximate surface area is 177 Å². The summed E-state index contributed by atoms with van der Waals surface area (Å²) in [5.74, 6) is 1.09. The van der Waals surface area contributed by atoms with Gasteiger partial charge in [0.2, 0.25) is 0 Å². The number of carbonyl (C=O) groups is 1. The molecule has 0 unspecified atom stereocenters. The minimum absolute atomic E-state index is 0.346. The predicted octanol–water partition coefficient (Wildman–Crippen LogP) is 4.44. The van der Waals surface area contributed by atoms with Gasteiger partial charge in [-0.05, 0) is 42.0 Å². The van der Waals surface area contributed by atoms with Crippen molar-refractivity contribution < 1.29 is 4.79 Å². The quantitative estimate of drug-likeness (QED) is 0.293. The van der Waals surface area contributed by atoms with Gasteiger partial charge >= 0.3 is 0 Å². The summed E-state index contributed by atoms with van der Waals surface area (Å²) in [5.41, 5.74) is 14.7. The van der Waals surface area contributed by atoms with E-state index in [2.05, 4.69) is 35.2 Å². The molecule has 0 saturated carbocycles. The molecule has 0 fully saturated rings. The second-order valence-corrected chi connectivity index (χ2v) is 6.74. The number of carbonyl (C=O) groups excluding carboxylic acids is 1. The topological polar surface area (TPSA) is 106 Å². The number of nitrogens with two attached hydrogens (primary N) is 2. The Balaban J connectivity index is 0.000000687. The zero-order valence-electron chi connectivity index (χ0n) is 16.4. The molecule has 3 rings (SSSR count). The Bertz CT molecular complexity index is 899. The third-order valence-corrected chi connectivity index (χ3v) is 4.35. The number of nitrogens with one attached hydrogen (secondary N) is 2. The zero-order chi connectivity index (χ0) is 21.1. The Hall–Kier alpha value is -3.19. The van der Waals surface area contributed by atoms with Gasteiger partial charge in [-0.1, -0.05) is 37.3 Å². The lowest BCUT2D eigenvalue weighted by molar-refractivity contribution is 0.100. The van der Waals surface area contributed by atoms with E-state index in [9.17, 15) is 4.79 Å². The summed E-state index contributed by atoms with van der Waals surface area (Å²) in [6, 6.07) is 19.0. The number of hydrogen-bond donors (Lipinski definition) is 5. The predicted molar refractivity (Wildman–Crippen MR) is 125 cm³/mol. The number of nitrogen functional groups attached to an aromatic ring is 1. The van der Waals surface area contributed by atoms with Crippen LogP contribution in [0, 0.1) is 0 Å². The van der Waals surface area contributed by atoms with Crippen LogP contribution in [0.25, 0.3) is 0 Å². The summed E-state index contributed by atoms with van der Waals surface area (Å²) in [7, 11) is 0. The number of nitrogens with zero attached hydrogens (tertiary/aromatic N) is 1. The van der Waals surface area contributed by atoms with Gasteiger partial charge in [-0.3, -0.25) is 4.79 Å². The standard InChI is InChI=1S/C19H19N5O.C3H8S/c20-14-6-8-15(9-7-14)24-18-10-17(16(12-23-18)19(21)25)22-11-13-4-2-1-3-5-13;1-2-3-4/h1-10,12H,11,20H2,(H2,21,25)(H2,22,23,24);4H,2-3H2,1H3. The summed E-state index contributed by atoms with van der Waals surface area (Å²) in [6.45, 7) is 2.68. The summed E-state index contributed by atoms with van der Waals surface area (Å²) in [6.07, 6.45) is 2.65. The molecule has 1 amide bonds. The number of rotatable bonds is 7. The molecule has 0 atom stereocenters. The van der Waals surface area contributed by atoms with E-state index < -0.39 is 5.91 Å². The lowest BCUT2D eigenvalue weighted by Gasteiger charge is -2.13. The van der Waals surface area contributed by atoms with Gasteiger partial charge < -0.3 is 22.1 Å². The van der Waals surface area contributed by atoms with Crippen molar-refractivity contribution in [1.82, 2.24) is 4.98 Å². The number of thiol groups is 1. The van der Waals surface area contributed by atoms with Gasteiger partial charge in [0.1, 0.15) is 5.82 Å². The second kappa shape index (κ2) is 11.6. The van der Waals surface area contributed by atoms with E-state index in [0.717, 1.165) is 17.0 Å². The zero-order valence-corrected chi connectivity index (χ0v) is 17.3. The van der Waals surface area contributed by atoms with Crippen LogP contribution in [0.3, 0.4) is 0 Å². The molecule has 0 aliphatic rings. The molecule has 0 saturated heterocycles. The van der Waals surface area contributed by atoms with Gasteiger partial charge in [0.25, 0.3) is 5.91 Å². The van der Waals surface area contributed by atoms with Crippen LogP contribution in [0.2, 0.25) is 0 Å². The molecule has 3 aromatic rings. The molecule has 1 aromatic heterocycles. The molecule has 152 valence electrons. The maximum absolute atomic E-state index is 11.6. The first-order chi connectivity index (χ1) is 14.0. The highest BCUT2D eigenvalue weighted by Gasteiger charge is 2.10. The van der Waals surface area contributed by atoms with E-state index in [0.29, 0.717) is 29.3 Å². The smallest absolute Gasteiger partial charge is 0.252 e. The average molecular weight is 410 g/mol. The minimum atomic E-state index is -0.526. The summed E-state index contributed by atoms with van der Waals surface area (Å²) in [4.78, 5) is 15.9. The molecule has 2 aromatic carbocycles. The number of pyridine rings is 1. The van der Waals surface area contributed by atoms with Gasteiger partial charge in [0, 0.05) is 30.2 Å². The van der Waals surface area contributed by atoms with Crippen LogP contribution in [-0.2, 0) is 6.54 Å². The highest BCUT2D eigenvalue weighted by Crippen LogP contribution is 2.22. The van der Waals surface area contributed by atoms with E-state index in [1.807, 2.05) is 42.5 Å². The maximum Gasteiger partial charge on any atom is 0.252 e. The maximum atomic E-state index is 11.6. The molecular formula is C22H27N5OS. The molecule has 6 nitrogen and oxygen atoms in total. The molecule has 6 N–H and O–H groups in total. The van der Waals surface area contributed by atoms with E-state index in [1.54, 1.807) is 18.2 Å². The molecule has 7 heteroatoms. The van der Waals surface area contributed by atoms with Crippen LogP contribution < -0.4 is 22.1 Å². The average Bonchev–Trinajstić information content (AvgIpc) is 2.75. The van der Waals surface area contributed by atoms with Crippen molar-refractivity contribution >= 4 is 41.4 Å². The van der Waals surface area contributed by atoms with Crippen LogP contribution in [-0.4, -0.2) is 16.6 Å².